The maximum Gasteiger partial charge on any atom is 0.396 e. The first-order chi connectivity index (χ1) is 12.2. The maximum absolute atomic E-state index is 11.9. The summed E-state index contributed by atoms with van der Waals surface area (Å²) in [5, 5.41) is 2.83. The predicted molar refractivity (Wildman–Crippen MR) is 102 cm³/mol. The molecule has 1 amide bonds. The number of rotatable bonds is 12. The molecule has 1 rings (SSSR count). The normalized spacial score (nSPS) is 15.6. The molecule has 0 heterocycles. The van der Waals surface area contributed by atoms with Gasteiger partial charge in [0.05, 0.1) is 6.61 Å². The second-order valence-electron chi connectivity index (χ2n) is 7.48. The van der Waals surface area contributed by atoms with Crippen LogP contribution < -0.4 is 5.32 Å². The molecule has 0 radical (unpaired) electrons. The molecule has 1 fully saturated rings. The summed E-state index contributed by atoms with van der Waals surface area (Å²) in [4.78, 5) is 23.6. The second kappa shape index (κ2) is 15.2. The van der Waals surface area contributed by atoms with Crippen LogP contribution in [0.25, 0.3) is 0 Å². The van der Waals surface area contributed by atoms with E-state index in [-0.39, 0.29) is 6.04 Å². The Labute approximate surface area is 154 Å². The summed E-state index contributed by atoms with van der Waals surface area (Å²) >= 11 is 0. The van der Waals surface area contributed by atoms with E-state index in [1.165, 1.54) is 64.2 Å². The third-order valence-electron chi connectivity index (χ3n) is 5.11. The Balaban J connectivity index is 1.93. The lowest BCUT2D eigenvalue weighted by molar-refractivity contribution is -0.155. The Kier molecular flexibility index (Phi) is 13.4. The Bertz CT molecular complexity index is 349. The van der Waals surface area contributed by atoms with E-state index in [4.69, 9.17) is 4.74 Å². The molecule has 0 saturated heterocycles. The lowest BCUT2D eigenvalue weighted by Gasteiger charge is -2.15. The molecule has 0 aromatic heterocycles. The zero-order valence-corrected chi connectivity index (χ0v) is 16.3. The topological polar surface area (TPSA) is 55.4 Å². The average Bonchev–Trinajstić information content (AvgIpc) is 2.88. The van der Waals surface area contributed by atoms with Crippen LogP contribution in [0.2, 0.25) is 0 Å². The summed E-state index contributed by atoms with van der Waals surface area (Å²) in [6.07, 6.45) is 19.2. The number of carbonyl (C=O) groups excluding carboxylic acids is 2. The van der Waals surface area contributed by atoms with Gasteiger partial charge in [-0.05, 0) is 19.3 Å². The number of amides is 1. The van der Waals surface area contributed by atoms with Crippen LogP contribution in [0.1, 0.15) is 110 Å². The number of hydrogen-bond donors (Lipinski definition) is 1. The highest BCUT2D eigenvalue weighted by atomic mass is 16.5. The van der Waals surface area contributed by atoms with Gasteiger partial charge in [0.15, 0.2) is 0 Å². The molecule has 1 aliphatic rings. The van der Waals surface area contributed by atoms with Gasteiger partial charge in [-0.2, -0.15) is 0 Å². The quantitative estimate of drug-likeness (QED) is 0.224. The summed E-state index contributed by atoms with van der Waals surface area (Å²) in [5.74, 6) is -1.26. The zero-order chi connectivity index (χ0) is 18.2. The molecule has 0 unspecified atom stereocenters. The summed E-state index contributed by atoms with van der Waals surface area (Å²) in [7, 11) is 0. The van der Waals surface area contributed by atoms with Crippen molar-refractivity contribution in [3.8, 4) is 0 Å². The van der Waals surface area contributed by atoms with Crippen molar-refractivity contribution in [1.82, 2.24) is 5.32 Å². The molecule has 1 N–H and O–H groups in total. The molecule has 0 bridgehead atoms. The molecule has 4 nitrogen and oxygen atoms in total. The van der Waals surface area contributed by atoms with E-state index in [1.54, 1.807) is 0 Å². The van der Waals surface area contributed by atoms with Gasteiger partial charge in [-0.1, -0.05) is 90.4 Å². The van der Waals surface area contributed by atoms with E-state index in [1.807, 2.05) is 0 Å². The fourth-order valence-electron chi connectivity index (χ4n) is 3.49. The number of unbranched alkanes of at least 4 members (excludes halogenated alkanes) is 9. The summed E-state index contributed by atoms with van der Waals surface area (Å²) < 4.78 is 5.10. The summed E-state index contributed by atoms with van der Waals surface area (Å²) in [6.45, 7) is 2.61. The third kappa shape index (κ3) is 12.0. The second-order valence-corrected chi connectivity index (χ2v) is 7.48. The molecule has 0 aromatic rings. The molecule has 25 heavy (non-hydrogen) atoms. The molecule has 0 aromatic carbocycles. The van der Waals surface area contributed by atoms with Crippen LogP contribution in [-0.4, -0.2) is 24.5 Å². The van der Waals surface area contributed by atoms with Gasteiger partial charge >= 0.3 is 11.9 Å². The largest absolute Gasteiger partial charge is 0.459 e. The van der Waals surface area contributed by atoms with E-state index in [2.05, 4.69) is 12.2 Å². The average molecular weight is 354 g/mol. The van der Waals surface area contributed by atoms with Gasteiger partial charge in [0, 0.05) is 6.04 Å². The van der Waals surface area contributed by atoms with Crippen molar-refractivity contribution in [1.29, 1.82) is 0 Å². The van der Waals surface area contributed by atoms with Gasteiger partial charge in [-0.25, -0.2) is 4.79 Å². The van der Waals surface area contributed by atoms with Crippen LogP contribution in [0.4, 0.5) is 0 Å². The first kappa shape index (κ1) is 22.0. The van der Waals surface area contributed by atoms with Gasteiger partial charge in [-0.3, -0.25) is 4.79 Å². The number of nitrogens with one attached hydrogen (secondary N) is 1. The van der Waals surface area contributed by atoms with E-state index in [9.17, 15) is 9.59 Å². The van der Waals surface area contributed by atoms with E-state index >= 15 is 0 Å². The highest BCUT2D eigenvalue weighted by Crippen LogP contribution is 2.17. The fourth-order valence-corrected chi connectivity index (χ4v) is 3.49. The van der Waals surface area contributed by atoms with Gasteiger partial charge in [-0.15, -0.1) is 0 Å². The van der Waals surface area contributed by atoms with Crippen LogP contribution in [0.3, 0.4) is 0 Å². The van der Waals surface area contributed by atoms with Crippen molar-refractivity contribution >= 4 is 11.9 Å². The van der Waals surface area contributed by atoms with Crippen molar-refractivity contribution in [3.05, 3.63) is 0 Å². The standard InChI is InChI=1S/C21H39NO3/c1-2-3-4-5-6-7-8-9-12-15-18-25-21(24)20(23)22-19-16-13-10-11-14-17-19/h19H,2-18H2,1H3,(H,22,23). The Morgan fingerprint density at radius 2 is 1.32 bits per heavy atom. The van der Waals surface area contributed by atoms with Crippen molar-refractivity contribution < 1.29 is 14.3 Å². The van der Waals surface area contributed by atoms with Gasteiger partial charge < -0.3 is 10.1 Å². The van der Waals surface area contributed by atoms with Crippen LogP contribution >= 0.6 is 0 Å². The van der Waals surface area contributed by atoms with E-state index < -0.39 is 11.9 Å². The minimum Gasteiger partial charge on any atom is -0.459 e. The molecule has 1 saturated carbocycles. The van der Waals surface area contributed by atoms with Gasteiger partial charge in [0.2, 0.25) is 0 Å². The molecule has 4 heteroatoms. The van der Waals surface area contributed by atoms with Gasteiger partial charge in [0.25, 0.3) is 0 Å². The first-order valence-corrected chi connectivity index (χ1v) is 10.7. The number of hydrogen-bond acceptors (Lipinski definition) is 3. The number of carbonyl (C=O) groups is 2. The smallest absolute Gasteiger partial charge is 0.396 e. The van der Waals surface area contributed by atoms with E-state index in [0.29, 0.717) is 6.61 Å². The van der Waals surface area contributed by atoms with E-state index in [0.717, 1.165) is 38.5 Å². The monoisotopic (exact) mass is 353 g/mol. The minimum absolute atomic E-state index is 0.153. The lowest BCUT2D eigenvalue weighted by Crippen LogP contribution is -2.40. The van der Waals surface area contributed by atoms with Crippen LogP contribution in [0.15, 0.2) is 0 Å². The third-order valence-corrected chi connectivity index (χ3v) is 5.11. The van der Waals surface area contributed by atoms with Crippen molar-refractivity contribution in [3.63, 3.8) is 0 Å². The Morgan fingerprint density at radius 3 is 1.88 bits per heavy atom. The maximum atomic E-state index is 11.9. The fraction of sp³-hybridized carbons (Fsp3) is 0.905. The van der Waals surface area contributed by atoms with Crippen molar-refractivity contribution in [2.24, 2.45) is 0 Å². The molecule has 0 atom stereocenters. The SMILES string of the molecule is CCCCCCCCCCCCOC(=O)C(=O)NC1CCCCCC1. The molecule has 0 aliphatic heterocycles. The minimum atomic E-state index is -0.708. The Morgan fingerprint density at radius 1 is 0.800 bits per heavy atom. The van der Waals surface area contributed by atoms with Crippen molar-refractivity contribution in [2.45, 2.75) is 116 Å². The predicted octanol–water partition coefficient (Wildman–Crippen LogP) is 5.29. The first-order valence-electron chi connectivity index (χ1n) is 10.7. The number of esters is 1. The lowest BCUT2D eigenvalue weighted by atomic mass is 10.1. The molecular formula is C21H39NO3. The van der Waals surface area contributed by atoms with Gasteiger partial charge in [0.1, 0.15) is 0 Å². The highest BCUT2D eigenvalue weighted by molar-refractivity contribution is 6.32. The van der Waals surface area contributed by atoms with Crippen LogP contribution in [-0.2, 0) is 14.3 Å². The molecule has 1 aliphatic carbocycles. The van der Waals surface area contributed by atoms with Crippen molar-refractivity contribution in [2.75, 3.05) is 6.61 Å². The Hall–Kier alpha value is -1.06. The summed E-state index contributed by atoms with van der Waals surface area (Å²) in [6, 6.07) is 0.153. The molecule has 146 valence electrons. The highest BCUT2D eigenvalue weighted by Gasteiger charge is 2.20. The summed E-state index contributed by atoms with van der Waals surface area (Å²) in [5.41, 5.74) is 0. The van der Waals surface area contributed by atoms with Crippen LogP contribution in [0.5, 0.6) is 0 Å². The molecular weight excluding hydrogens is 314 g/mol. The van der Waals surface area contributed by atoms with Crippen LogP contribution in [0, 0.1) is 0 Å². The molecule has 0 spiro atoms. The zero-order valence-electron chi connectivity index (χ0n) is 16.3. The number of ether oxygens (including phenoxy) is 1.